The van der Waals surface area contributed by atoms with Crippen molar-refractivity contribution in [3.05, 3.63) is 23.8 Å². The Morgan fingerprint density at radius 1 is 1.00 bits per heavy atom. The number of phenols is 2. The Labute approximate surface area is 126 Å². The van der Waals surface area contributed by atoms with E-state index in [2.05, 4.69) is 17.6 Å². The van der Waals surface area contributed by atoms with Crippen LogP contribution in [0.25, 0.3) is 0 Å². The molecule has 0 heterocycles. The second-order valence-corrected chi connectivity index (χ2v) is 5.20. The van der Waals surface area contributed by atoms with Gasteiger partial charge in [0, 0.05) is 13.1 Å². The molecule has 0 aliphatic heterocycles. The fourth-order valence-corrected chi connectivity index (χ4v) is 2.03. The molecule has 5 nitrogen and oxygen atoms in total. The Morgan fingerprint density at radius 2 is 1.71 bits per heavy atom. The van der Waals surface area contributed by atoms with Gasteiger partial charge in [0.15, 0.2) is 11.5 Å². The van der Waals surface area contributed by atoms with Crippen LogP contribution in [-0.4, -0.2) is 22.8 Å². The number of urea groups is 1. The molecule has 0 saturated heterocycles. The summed E-state index contributed by atoms with van der Waals surface area (Å²) < 4.78 is 0. The molecule has 1 aromatic carbocycles. The highest BCUT2D eigenvalue weighted by molar-refractivity contribution is 5.73. The van der Waals surface area contributed by atoms with E-state index in [1.165, 1.54) is 37.8 Å². The van der Waals surface area contributed by atoms with E-state index in [4.69, 9.17) is 0 Å². The lowest BCUT2D eigenvalue weighted by molar-refractivity contribution is 0.240. The highest BCUT2D eigenvalue weighted by atomic mass is 16.3. The Morgan fingerprint density at radius 3 is 2.43 bits per heavy atom. The average molecular weight is 294 g/mol. The fraction of sp³-hybridized carbons (Fsp3) is 0.562. The standard InChI is InChI=1S/C16H26N2O3/c1-2-3-4-5-6-7-10-17-16(21)18-12-13-8-9-14(19)15(20)11-13/h8-9,11,19-20H,2-7,10,12H2,1H3,(H2,17,18,21). The summed E-state index contributed by atoms with van der Waals surface area (Å²) in [6.45, 7) is 3.19. The lowest BCUT2D eigenvalue weighted by Gasteiger charge is -2.08. The van der Waals surface area contributed by atoms with Crippen LogP contribution in [-0.2, 0) is 6.54 Å². The van der Waals surface area contributed by atoms with Crippen molar-refractivity contribution in [2.75, 3.05) is 6.54 Å². The minimum absolute atomic E-state index is 0.161. The van der Waals surface area contributed by atoms with Gasteiger partial charge in [0.1, 0.15) is 0 Å². The summed E-state index contributed by atoms with van der Waals surface area (Å²) in [6.07, 6.45) is 7.17. The molecule has 0 unspecified atom stereocenters. The predicted molar refractivity (Wildman–Crippen MR) is 83.4 cm³/mol. The number of unbranched alkanes of at least 4 members (excludes halogenated alkanes) is 5. The number of carbonyl (C=O) groups is 1. The summed E-state index contributed by atoms with van der Waals surface area (Å²) in [5.41, 5.74) is 0.736. The van der Waals surface area contributed by atoms with Gasteiger partial charge in [-0.2, -0.15) is 0 Å². The lowest BCUT2D eigenvalue weighted by atomic mass is 10.1. The van der Waals surface area contributed by atoms with Gasteiger partial charge in [0.2, 0.25) is 0 Å². The number of aromatic hydroxyl groups is 2. The average Bonchev–Trinajstić information content (AvgIpc) is 2.47. The zero-order valence-corrected chi connectivity index (χ0v) is 12.7. The number of phenolic OH excluding ortho intramolecular Hbond substituents is 2. The van der Waals surface area contributed by atoms with Gasteiger partial charge in [-0.05, 0) is 24.1 Å². The van der Waals surface area contributed by atoms with Crippen LogP contribution < -0.4 is 10.6 Å². The van der Waals surface area contributed by atoms with Crippen molar-refractivity contribution < 1.29 is 15.0 Å². The van der Waals surface area contributed by atoms with E-state index < -0.39 is 0 Å². The van der Waals surface area contributed by atoms with Crippen molar-refractivity contribution >= 4 is 6.03 Å². The van der Waals surface area contributed by atoms with Crippen LogP contribution in [0.5, 0.6) is 11.5 Å². The summed E-state index contributed by atoms with van der Waals surface area (Å²) in [7, 11) is 0. The van der Waals surface area contributed by atoms with Crippen molar-refractivity contribution in [2.24, 2.45) is 0 Å². The van der Waals surface area contributed by atoms with Gasteiger partial charge in [-0.25, -0.2) is 4.79 Å². The third-order valence-electron chi connectivity index (χ3n) is 3.31. The number of rotatable bonds is 9. The largest absolute Gasteiger partial charge is 0.504 e. The Bertz CT molecular complexity index is 436. The molecule has 0 aliphatic carbocycles. The van der Waals surface area contributed by atoms with Crippen molar-refractivity contribution in [3.63, 3.8) is 0 Å². The van der Waals surface area contributed by atoms with Crippen molar-refractivity contribution in [3.8, 4) is 11.5 Å². The molecule has 21 heavy (non-hydrogen) atoms. The number of carbonyl (C=O) groups excluding carboxylic acids is 1. The van der Waals surface area contributed by atoms with Crippen LogP contribution >= 0.6 is 0 Å². The fourth-order valence-electron chi connectivity index (χ4n) is 2.03. The summed E-state index contributed by atoms with van der Waals surface area (Å²) in [5.74, 6) is -0.340. The molecule has 0 aromatic heterocycles. The number of hydrogen-bond acceptors (Lipinski definition) is 3. The molecular weight excluding hydrogens is 268 g/mol. The third kappa shape index (κ3) is 7.44. The molecular formula is C16H26N2O3. The van der Waals surface area contributed by atoms with Crippen molar-refractivity contribution in [2.45, 2.75) is 52.0 Å². The van der Waals surface area contributed by atoms with E-state index in [0.29, 0.717) is 13.1 Å². The normalized spacial score (nSPS) is 10.3. The number of nitrogens with one attached hydrogen (secondary N) is 2. The Balaban J connectivity index is 2.09. The number of benzene rings is 1. The molecule has 1 aromatic rings. The van der Waals surface area contributed by atoms with E-state index >= 15 is 0 Å². The SMILES string of the molecule is CCCCCCCCNC(=O)NCc1ccc(O)c(O)c1. The lowest BCUT2D eigenvalue weighted by Crippen LogP contribution is -2.35. The summed E-state index contributed by atoms with van der Waals surface area (Å²) in [6, 6.07) is 4.28. The Hall–Kier alpha value is -1.91. The summed E-state index contributed by atoms with van der Waals surface area (Å²) in [4.78, 5) is 11.6. The molecule has 1 rings (SSSR count). The molecule has 2 amide bonds. The molecule has 0 bridgehead atoms. The maximum absolute atomic E-state index is 11.6. The van der Waals surface area contributed by atoms with Gasteiger partial charge in [-0.15, -0.1) is 0 Å². The molecule has 0 fully saturated rings. The molecule has 5 heteroatoms. The van der Waals surface area contributed by atoms with Crippen LogP contribution in [0.1, 0.15) is 51.0 Å². The van der Waals surface area contributed by atoms with Gasteiger partial charge in [-0.1, -0.05) is 45.1 Å². The van der Waals surface area contributed by atoms with Gasteiger partial charge >= 0.3 is 6.03 Å². The maximum atomic E-state index is 11.6. The van der Waals surface area contributed by atoms with Crippen molar-refractivity contribution in [1.29, 1.82) is 0 Å². The zero-order chi connectivity index (χ0) is 15.5. The molecule has 4 N–H and O–H groups in total. The minimum atomic E-state index is -0.212. The van der Waals surface area contributed by atoms with E-state index in [1.54, 1.807) is 6.07 Å². The first-order valence-corrected chi connectivity index (χ1v) is 7.66. The summed E-state index contributed by atoms with van der Waals surface area (Å²) in [5, 5.41) is 24.1. The zero-order valence-electron chi connectivity index (χ0n) is 12.7. The first-order chi connectivity index (χ1) is 10.1. The first-order valence-electron chi connectivity index (χ1n) is 7.66. The van der Waals surface area contributed by atoms with Gasteiger partial charge < -0.3 is 20.8 Å². The highest BCUT2D eigenvalue weighted by Crippen LogP contribution is 2.24. The smallest absolute Gasteiger partial charge is 0.315 e. The molecule has 118 valence electrons. The van der Waals surface area contributed by atoms with E-state index in [-0.39, 0.29) is 17.5 Å². The molecule has 0 saturated carbocycles. The molecule has 0 radical (unpaired) electrons. The van der Waals surface area contributed by atoms with Gasteiger partial charge in [0.05, 0.1) is 0 Å². The quantitative estimate of drug-likeness (QED) is 0.417. The molecule has 0 atom stereocenters. The van der Waals surface area contributed by atoms with Gasteiger partial charge in [-0.3, -0.25) is 0 Å². The van der Waals surface area contributed by atoms with Gasteiger partial charge in [0.25, 0.3) is 0 Å². The maximum Gasteiger partial charge on any atom is 0.315 e. The van der Waals surface area contributed by atoms with Crippen molar-refractivity contribution in [1.82, 2.24) is 10.6 Å². The topological polar surface area (TPSA) is 81.6 Å². The number of hydrogen-bond donors (Lipinski definition) is 4. The van der Waals surface area contributed by atoms with E-state index in [1.807, 2.05) is 0 Å². The second-order valence-electron chi connectivity index (χ2n) is 5.20. The second kappa shape index (κ2) is 9.91. The van der Waals surface area contributed by atoms with E-state index in [0.717, 1.165) is 18.4 Å². The van der Waals surface area contributed by atoms with Crippen LogP contribution in [0.3, 0.4) is 0 Å². The Kier molecular flexibility index (Phi) is 8.09. The van der Waals surface area contributed by atoms with Crippen LogP contribution in [0.4, 0.5) is 4.79 Å². The van der Waals surface area contributed by atoms with Crippen LogP contribution in [0.2, 0.25) is 0 Å². The summed E-state index contributed by atoms with van der Waals surface area (Å²) >= 11 is 0. The first kappa shape index (κ1) is 17.1. The minimum Gasteiger partial charge on any atom is -0.504 e. The van der Waals surface area contributed by atoms with Crippen LogP contribution in [0.15, 0.2) is 18.2 Å². The highest BCUT2D eigenvalue weighted by Gasteiger charge is 2.03. The van der Waals surface area contributed by atoms with E-state index in [9.17, 15) is 15.0 Å². The van der Waals surface area contributed by atoms with Crippen LogP contribution in [0, 0.1) is 0 Å². The molecule has 0 aliphatic rings. The molecule has 0 spiro atoms. The third-order valence-corrected chi connectivity index (χ3v) is 3.31. The predicted octanol–water partition coefficient (Wildman–Crippen LogP) is 3.26. The number of amides is 2. The monoisotopic (exact) mass is 294 g/mol.